The molecular weight excluding hydrogens is 443 g/mol. The summed E-state index contributed by atoms with van der Waals surface area (Å²) in [4.78, 5) is 20.4. The van der Waals surface area contributed by atoms with E-state index in [-0.39, 0.29) is 11.8 Å². The maximum atomic E-state index is 13.8. The minimum atomic E-state index is -0.442. The standard InChI is InChI=1S/C28H27FN4O2/c1-4-35-23-13-11-22(12-14-23)31-28(34)33-17-24-18(2)16-19(3)30-27(24)32-15-5-6-25(32)26(33)20-7-9-21(29)10-8-20/h5-16,26H,4,17H2,1-3H3,(H,31,34). The first-order valence-corrected chi connectivity index (χ1v) is 11.7. The number of halogens is 1. The molecule has 5 rings (SSSR count). The number of aryl methyl sites for hydroxylation is 2. The second-order valence-corrected chi connectivity index (χ2v) is 8.66. The van der Waals surface area contributed by atoms with Crippen LogP contribution in [0, 0.1) is 19.7 Å². The second kappa shape index (κ2) is 9.25. The normalized spacial score (nSPS) is 14.6. The van der Waals surface area contributed by atoms with E-state index in [0.29, 0.717) is 18.8 Å². The van der Waals surface area contributed by atoms with Crippen LogP contribution >= 0.6 is 0 Å². The summed E-state index contributed by atoms with van der Waals surface area (Å²) in [5.74, 6) is 1.24. The molecule has 0 spiro atoms. The molecule has 1 N–H and O–H groups in total. The Hall–Kier alpha value is -4.13. The van der Waals surface area contributed by atoms with Crippen molar-refractivity contribution in [3.63, 3.8) is 0 Å². The summed E-state index contributed by atoms with van der Waals surface area (Å²) in [6.45, 7) is 6.86. The molecule has 0 fully saturated rings. The zero-order valence-electron chi connectivity index (χ0n) is 20.0. The van der Waals surface area contributed by atoms with Gasteiger partial charge in [-0.15, -0.1) is 0 Å². The van der Waals surface area contributed by atoms with Gasteiger partial charge >= 0.3 is 6.03 Å². The zero-order valence-corrected chi connectivity index (χ0v) is 20.0. The highest BCUT2D eigenvalue weighted by atomic mass is 19.1. The smallest absolute Gasteiger partial charge is 0.322 e. The SMILES string of the molecule is CCOc1ccc(NC(=O)N2Cc3c(C)cc(C)nc3-n3cccc3C2c2ccc(F)cc2)cc1. The number of urea groups is 1. The van der Waals surface area contributed by atoms with E-state index in [4.69, 9.17) is 9.72 Å². The molecule has 178 valence electrons. The summed E-state index contributed by atoms with van der Waals surface area (Å²) < 4.78 is 21.3. The molecule has 2 amide bonds. The van der Waals surface area contributed by atoms with Crippen LogP contribution in [0.3, 0.4) is 0 Å². The van der Waals surface area contributed by atoms with Crippen molar-refractivity contribution in [2.24, 2.45) is 0 Å². The number of ether oxygens (including phenoxy) is 1. The van der Waals surface area contributed by atoms with E-state index in [1.807, 2.05) is 74.0 Å². The Kier molecular flexibility index (Phi) is 5.99. The molecule has 0 saturated heterocycles. The lowest BCUT2D eigenvalue weighted by atomic mass is 10.0. The van der Waals surface area contributed by atoms with Crippen molar-refractivity contribution in [1.29, 1.82) is 0 Å². The van der Waals surface area contributed by atoms with Crippen molar-refractivity contribution < 1.29 is 13.9 Å². The molecule has 0 radical (unpaired) electrons. The summed E-state index contributed by atoms with van der Waals surface area (Å²) >= 11 is 0. The van der Waals surface area contributed by atoms with Gasteiger partial charge in [0.25, 0.3) is 0 Å². The predicted octanol–water partition coefficient (Wildman–Crippen LogP) is 6.16. The number of aromatic nitrogens is 2. The third-order valence-corrected chi connectivity index (χ3v) is 6.25. The quantitative estimate of drug-likeness (QED) is 0.388. The summed E-state index contributed by atoms with van der Waals surface area (Å²) in [5, 5.41) is 3.03. The first-order valence-electron chi connectivity index (χ1n) is 11.7. The van der Waals surface area contributed by atoms with Gasteiger partial charge < -0.3 is 19.5 Å². The van der Waals surface area contributed by atoms with Crippen molar-refractivity contribution in [3.8, 4) is 11.6 Å². The number of nitrogens with zero attached hydrogens (tertiary/aromatic N) is 3. The Morgan fingerprint density at radius 1 is 1.11 bits per heavy atom. The van der Waals surface area contributed by atoms with Gasteiger partial charge in [0.05, 0.1) is 24.9 Å². The van der Waals surface area contributed by atoms with Crippen LogP contribution in [0.5, 0.6) is 5.75 Å². The Morgan fingerprint density at radius 3 is 2.57 bits per heavy atom. The molecule has 1 unspecified atom stereocenters. The van der Waals surface area contributed by atoms with E-state index >= 15 is 0 Å². The van der Waals surface area contributed by atoms with Gasteiger partial charge in [-0.3, -0.25) is 0 Å². The molecule has 0 bridgehead atoms. The average molecular weight is 471 g/mol. The third-order valence-electron chi connectivity index (χ3n) is 6.25. The van der Waals surface area contributed by atoms with Gasteiger partial charge in [0, 0.05) is 23.1 Å². The molecule has 0 saturated carbocycles. The number of hydrogen-bond acceptors (Lipinski definition) is 3. The highest BCUT2D eigenvalue weighted by Crippen LogP contribution is 2.37. The van der Waals surface area contributed by atoms with E-state index in [9.17, 15) is 9.18 Å². The number of hydrogen-bond donors (Lipinski definition) is 1. The van der Waals surface area contributed by atoms with Crippen molar-refractivity contribution in [2.75, 3.05) is 11.9 Å². The highest BCUT2D eigenvalue weighted by Gasteiger charge is 2.34. The Balaban J connectivity index is 1.60. The number of benzene rings is 2. The van der Waals surface area contributed by atoms with Gasteiger partial charge in [0.15, 0.2) is 0 Å². The molecule has 1 aliphatic rings. The fourth-order valence-electron chi connectivity index (χ4n) is 4.65. The summed E-state index contributed by atoms with van der Waals surface area (Å²) in [6.07, 6.45) is 1.96. The first-order chi connectivity index (χ1) is 16.9. The molecule has 0 aliphatic carbocycles. The molecular formula is C28H27FN4O2. The molecule has 1 aliphatic heterocycles. The van der Waals surface area contributed by atoms with Gasteiger partial charge in [-0.25, -0.2) is 14.2 Å². The molecule has 3 heterocycles. The van der Waals surface area contributed by atoms with E-state index in [0.717, 1.165) is 39.6 Å². The maximum absolute atomic E-state index is 13.8. The van der Waals surface area contributed by atoms with Crippen LogP contribution in [0.25, 0.3) is 5.82 Å². The molecule has 2 aromatic heterocycles. The van der Waals surface area contributed by atoms with Gasteiger partial charge in [-0.2, -0.15) is 0 Å². The van der Waals surface area contributed by atoms with Gasteiger partial charge in [-0.05, 0) is 86.5 Å². The minimum Gasteiger partial charge on any atom is -0.494 e. The number of fused-ring (bicyclic) bond motifs is 3. The van der Waals surface area contributed by atoms with Gasteiger partial charge in [0.2, 0.25) is 0 Å². The van der Waals surface area contributed by atoms with Gasteiger partial charge in [-0.1, -0.05) is 12.1 Å². The van der Waals surface area contributed by atoms with Crippen molar-refractivity contribution >= 4 is 11.7 Å². The number of amides is 2. The molecule has 1 atom stereocenters. The van der Waals surface area contributed by atoms with Crippen LogP contribution in [0.2, 0.25) is 0 Å². The van der Waals surface area contributed by atoms with Crippen molar-refractivity contribution in [3.05, 3.63) is 107 Å². The lowest BCUT2D eigenvalue weighted by molar-refractivity contribution is 0.194. The number of pyridine rings is 1. The van der Waals surface area contributed by atoms with Crippen molar-refractivity contribution in [2.45, 2.75) is 33.4 Å². The number of carbonyl (C=O) groups is 1. The third kappa shape index (κ3) is 4.37. The van der Waals surface area contributed by atoms with E-state index in [2.05, 4.69) is 5.32 Å². The Bertz CT molecular complexity index is 1360. The predicted molar refractivity (Wildman–Crippen MR) is 133 cm³/mol. The maximum Gasteiger partial charge on any atom is 0.322 e. The molecule has 2 aromatic carbocycles. The van der Waals surface area contributed by atoms with E-state index in [1.54, 1.807) is 17.0 Å². The Morgan fingerprint density at radius 2 is 1.86 bits per heavy atom. The second-order valence-electron chi connectivity index (χ2n) is 8.66. The number of anilines is 1. The van der Waals surface area contributed by atoms with Gasteiger partial charge in [0.1, 0.15) is 17.4 Å². The average Bonchev–Trinajstić information content (AvgIpc) is 3.26. The largest absolute Gasteiger partial charge is 0.494 e. The first kappa shape index (κ1) is 22.7. The minimum absolute atomic E-state index is 0.260. The fraction of sp³-hybridized carbons (Fsp3) is 0.214. The topological polar surface area (TPSA) is 59.4 Å². The number of carbonyl (C=O) groups excluding carboxylic acids is 1. The van der Waals surface area contributed by atoms with Crippen LogP contribution in [-0.4, -0.2) is 27.1 Å². The monoisotopic (exact) mass is 470 g/mol. The van der Waals surface area contributed by atoms with Crippen LogP contribution in [-0.2, 0) is 6.54 Å². The zero-order chi connectivity index (χ0) is 24.5. The van der Waals surface area contributed by atoms with E-state index < -0.39 is 6.04 Å². The molecule has 7 heteroatoms. The molecule has 4 aromatic rings. The van der Waals surface area contributed by atoms with E-state index in [1.165, 1.54) is 12.1 Å². The van der Waals surface area contributed by atoms with Crippen LogP contribution in [0.1, 0.15) is 41.0 Å². The molecule has 35 heavy (non-hydrogen) atoms. The fourth-order valence-corrected chi connectivity index (χ4v) is 4.65. The van der Waals surface area contributed by atoms with Crippen LogP contribution in [0.15, 0.2) is 72.9 Å². The number of nitrogens with one attached hydrogen (secondary N) is 1. The highest BCUT2D eigenvalue weighted by molar-refractivity contribution is 5.90. The van der Waals surface area contributed by atoms with Crippen LogP contribution < -0.4 is 10.1 Å². The summed E-state index contributed by atoms with van der Waals surface area (Å²) in [7, 11) is 0. The summed E-state index contributed by atoms with van der Waals surface area (Å²) in [6, 6.07) is 18.9. The number of rotatable bonds is 4. The lowest BCUT2D eigenvalue weighted by Crippen LogP contribution is -2.38. The Labute approximate surface area is 204 Å². The lowest BCUT2D eigenvalue weighted by Gasteiger charge is -2.31. The van der Waals surface area contributed by atoms with Crippen molar-refractivity contribution in [1.82, 2.24) is 14.5 Å². The summed E-state index contributed by atoms with van der Waals surface area (Å²) in [5.41, 5.74) is 5.30. The van der Waals surface area contributed by atoms with Crippen LogP contribution in [0.4, 0.5) is 14.9 Å². The molecule has 6 nitrogen and oxygen atoms in total.